The van der Waals surface area contributed by atoms with Gasteiger partial charge >= 0.3 is 0 Å². The van der Waals surface area contributed by atoms with Crippen LogP contribution in [0.25, 0.3) is 17.5 Å². The van der Waals surface area contributed by atoms with E-state index in [0.29, 0.717) is 10.8 Å². The molecule has 2 aromatic carbocycles. The van der Waals surface area contributed by atoms with E-state index >= 15 is 0 Å². The van der Waals surface area contributed by atoms with Crippen molar-refractivity contribution in [1.29, 1.82) is 0 Å². The van der Waals surface area contributed by atoms with Crippen LogP contribution in [0.4, 0.5) is 5.69 Å². The third kappa shape index (κ3) is 3.73. The predicted octanol–water partition coefficient (Wildman–Crippen LogP) is 4.41. The second-order valence-corrected chi connectivity index (χ2v) is 5.70. The van der Waals surface area contributed by atoms with E-state index in [1.54, 1.807) is 24.2 Å². The molecule has 0 aliphatic rings. The number of nitrogens with one attached hydrogen (secondary N) is 1. The average molecular weight is 338 g/mol. The average Bonchev–Trinajstić information content (AvgIpc) is 3.09. The van der Waals surface area contributed by atoms with Crippen molar-refractivity contribution in [2.24, 2.45) is 0 Å². The lowest BCUT2D eigenvalue weighted by Crippen LogP contribution is -2.23. The van der Waals surface area contributed by atoms with Crippen LogP contribution in [0, 0.1) is 0 Å². The summed E-state index contributed by atoms with van der Waals surface area (Å²) in [6.45, 7) is 0. The van der Waals surface area contributed by atoms with E-state index in [2.05, 4.69) is 9.97 Å². The Bertz CT molecular complexity index is 871. The Kier molecular flexibility index (Phi) is 4.77. The zero-order chi connectivity index (χ0) is 16.9. The van der Waals surface area contributed by atoms with Gasteiger partial charge in [0.1, 0.15) is 5.82 Å². The highest BCUT2D eigenvalue weighted by Crippen LogP contribution is 2.20. The fourth-order valence-corrected chi connectivity index (χ4v) is 2.44. The number of carbonyl (C=O) groups is 1. The van der Waals surface area contributed by atoms with Gasteiger partial charge in [-0.25, -0.2) is 4.98 Å². The second-order valence-electron chi connectivity index (χ2n) is 5.26. The lowest BCUT2D eigenvalue weighted by molar-refractivity contribution is -0.113. The Labute approximate surface area is 145 Å². The molecular formula is C19H16ClN3O. The van der Waals surface area contributed by atoms with E-state index in [1.165, 1.54) is 6.08 Å². The van der Waals surface area contributed by atoms with Crippen LogP contribution in [0.3, 0.4) is 0 Å². The van der Waals surface area contributed by atoms with Gasteiger partial charge in [-0.2, -0.15) is 0 Å². The van der Waals surface area contributed by atoms with E-state index in [0.717, 1.165) is 16.9 Å². The number of halogens is 1. The van der Waals surface area contributed by atoms with Crippen molar-refractivity contribution in [3.8, 4) is 11.4 Å². The van der Waals surface area contributed by atoms with Crippen LogP contribution in [0.2, 0.25) is 5.02 Å². The third-order valence-corrected chi connectivity index (χ3v) is 3.81. The molecule has 4 nitrogen and oxygen atoms in total. The summed E-state index contributed by atoms with van der Waals surface area (Å²) in [5, 5.41) is 0.653. The summed E-state index contributed by atoms with van der Waals surface area (Å²) in [4.78, 5) is 21.3. The molecule has 0 aliphatic carbocycles. The number of H-pyrrole nitrogens is 1. The van der Waals surface area contributed by atoms with Crippen LogP contribution < -0.4 is 4.90 Å². The second kappa shape index (κ2) is 7.15. The van der Waals surface area contributed by atoms with Crippen molar-refractivity contribution in [1.82, 2.24) is 9.97 Å². The molecule has 0 bridgehead atoms. The van der Waals surface area contributed by atoms with E-state index in [-0.39, 0.29) is 5.91 Å². The molecular weight excluding hydrogens is 322 g/mol. The van der Waals surface area contributed by atoms with Crippen LogP contribution in [0.5, 0.6) is 0 Å². The molecule has 0 saturated carbocycles. The molecule has 1 aromatic heterocycles. The zero-order valence-corrected chi connectivity index (χ0v) is 13.9. The normalized spacial score (nSPS) is 10.9. The van der Waals surface area contributed by atoms with E-state index < -0.39 is 0 Å². The first-order valence-electron chi connectivity index (χ1n) is 7.45. The molecule has 3 rings (SSSR count). The maximum atomic E-state index is 12.2. The standard InChI is InChI=1S/C19H16ClN3O/c1-23(17-8-3-2-4-9-17)18(24)11-10-16-13-21-19(22-16)14-6-5-7-15(20)12-14/h2-13H,1H3,(H,21,22)/b11-10-. The number of rotatable bonds is 4. The van der Waals surface area contributed by atoms with Gasteiger partial charge in [0.15, 0.2) is 0 Å². The molecule has 0 unspecified atom stereocenters. The van der Waals surface area contributed by atoms with Crippen molar-refractivity contribution in [2.75, 3.05) is 11.9 Å². The van der Waals surface area contributed by atoms with Gasteiger partial charge in [-0.3, -0.25) is 4.79 Å². The zero-order valence-electron chi connectivity index (χ0n) is 13.1. The molecule has 5 heteroatoms. The monoisotopic (exact) mass is 337 g/mol. The molecule has 0 spiro atoms. The van der Waals surface area contributed by atoms with Crippen molar-refractivity contribution in [3.63, 3.8) is 0 Å². The molecule has 0 saturated heterocycles. The highest BCUT2D eigenvalue weighted by atomic mass is 35.5. The van der Waals surface area contributed by atoms with Crippen molar-refractivity contribution in [2.45, 2.75) is 0 Å². The Balaban J connectivity index is 1.72. The third-order valence-electron chi connectivity index (χ3n) is 3.57. The van der Waals surface area contributed by atoms with Crippen molar-refractivity contribution >= 4 is 29.3 Å². The number of amides is 1. The minimum absolute atomic E-state index is 0.111. The van der Waals surface area contributed by atoms with Crippen LogP contribution in [-0.2, 0) is 4.79 Å². The number of hydrogen-bond donors (Lipinski definition) is 1. The van der Waals surface area contributed by atoms with Crippen LogP contribution in [0.15, 0.2) is 66.9 Å². The van der Waals surface area contributed by atoms with Crippen LogP contribution in [-0.4, -0.2) is 22.9 Å². The van der Waals surface area contributed by atoms with Gasteiger partial charge in [0.25, 0.3) is 5.91 Å². The number of carbonyl (C=O) groups excluding carboxylic acids is 1. The highest BCUT2D eigenvalue weighted by molar-refractivity contribution is 6.30. The van der Waals surface area contributed by atoms with Gasteiger partial charge in [-0.1, -0.05) is 41.9 Å². The fraction of sp³-hybridized carbons (Fsp3) is 0.0526. The Morgan fingerprint density at radius 3 is 2.71 bits per heavy atom. The highest BCUT2D eigenvalue weighted by Gasteiger charge is 2.07. The van der Waals surface area contributed by atoms with Gasteiger partial charge < -0.3 is 9.88 Å². The summed E-state index contributed by atoms with van der Waals surface area (Å²) < 4.78 is 0. The number of likely N-dealkylation sites (N-methyl/N-ethyl adjacent to an activating group) is 1. The molecule has 0 atom stereocenters. The van der Waals surface area contributed by atoms with Crippen molar-refractivity contribution in [3.05, 3.63) is 77.6 Å². The van der Waals surface area contributed by atoms with E-state index in [9.17, 15) is 4.79 Å². The summed E-state index contributed by atoms with van der Waals surface area (Å²) in [6.07, 6.45) is 4.91. The Hall–Kier alpha value is -2.85. The van der Waals surface area contributed by atoms with Gasteiger partial charge in [0.05, 0.1) is 11.9 Å². The fourth-order valence-electron chi connectivity index (χ4n) is 2.25. The maximum absolute atomic E-state index is 12.2. The SMILES string of the molecule is CN(C(=O)/C=C\c1cnc(-c2cccc(Cl)c2)[nH]1)c1ccccc1. The summed E-state index contributed by atoms with van der Waals surface area (Å²) in [7, 11) is 1.74. The lowest BCUT2D eigenvalue weighted by atomic mass is 10.2. The lowest BCUT2D eigenvalue weighted by Gasteiger charge is -2.14. The molecule has 1 heterocycles. The summed E-state index contributed by atoms with van der Waals surface area (Å²) in [5.74, 6) is 0.598. The number of para-hydroxylation sites is 1. The topological polar surface area (TPSA) is 49.0 Å². The Morgan fingerprint density at radius 1 is 1.17 bits per heavy atom. The first kappa shape index (κ1) is 16.0. The number of anilines is 1. The van der Waals surface area contributed by atoms with Crippen molar-refractivity contribution < 1.29 is 4.79 Å². The summed E-state index contributed by atoms with van der Waals surface area (Å²) in [5.41, 5.74) is 2.49. The minimum Gasteiger partial charge on any atom is -0.338 e. The summed E-state index contributed by atoms with van der Waals surface area (Å²) >= 11 is 5.99. The van der Waals surface area contributed by atoms with E-state index in [1.807, 2.05) is 54.6 Å². The van der Waals surface area contributed by atoms with Gasteiger partial charge in [0.2, 0.25) is 0 Å². The van der Waals surface area contributed by atoms with Gasteiger partial charge in [-0.05, 0) is 30.3 Å². The molecule has 0 fully saturated rings. The molecule has 0 radical (unpaired) electrons. The number of hydrogen-bond acceptors (Lipinski definition) is 2. The van der Waals surface area contributed by atoms with E-state index in [4.69, 9.17) is 11.6 Å². The molecule has 1 N–H and O–H groups in total. The minimum atomic E-state index is -0.111. The molecule has 1 amide bonds. The molecule has 0 aliphatic heterocycles. The molecule has 3 aromatic rings. The molecule has 120 valence electrons. The van der Waals surface area contributed by atoms with Gasteiger partial charge in [-0.15, -0.1) is 0 Å². The Morgan fingerprint density at radius 2 is 1.96 bits per heavy atom. The number of nitrogens with zero attached hydrogens (tertiary/aromatic N) is 2. The maximum Gasteiger partial charge on any atom is 0.250 e. The summed E-state index contributed by atoms with van der Waals surface area (Å²) in [6, 6.07) is 16.9. The number of imidazole rings is 1. The number of aromatic nitrogens is 2. The predicted molar refractivity (Wildman–Crippen MR) is 97.9 cm³/mol. The number of benzene rings is 2. The largest absolute Gasteiger partial charge is 0.338 e. The quantitative estimate of drug-likeness (QED) is 0.717. The van der Waals surface area contributed by atoms with Crippen LogP contribution >= 0.6 is 11.6 Å². The first-order valence-corrected chi connectivity index (χ1v) is 7.83. The molecule has 24 heavy (non-hydrogen) atoms. The van der Waals surface area contributed by atoms with Gasteiger partial charge in [0, 0.05) is 29.4 Å². The smallest absolute Gasteiger partial charge is 0.250 e. The van der Waals surface area contributed by atoms with Crippen LogP contribution in [0.1, 0.15) is 5.69 Å². The number of aromatic amines is 1. The first-order chi connectivity index (χ1) is 11.6.